The van der Waals surface area contributed by atoms with Crippen molar-refractivity contribution in [2.24, 2.45) is 5.92 Å². The lowest BCUT2D eigenvalue weighted by molar-refractivity contribution is -0.159. The van der Waals surface area contributed by atoms with Gasteiger partial charge in [-0.3, -0.25) is 9.69 Å². The van der Waals surface area contributed by atoms with E-state index in [1.165, 1.54) is 0 Å². The molecule has 0 aromatic heterocycles. The van der Waals surface area contributed by atoms with Crippen LogP contribution in [0.3, 0.4) is 0 Å². The Morgan fingerprint density at radius 1 is 1.17 bits per heavy atom. The molecule has 3 atom stereocenters. The number of rotatable bonds is 5. The Morgan fingerprint density at radius 2 is 1.87 bits per heavy atom. The first-order chi connectivity index (χ1) is 14.5. The molecule has 2 heterocycles. The minimum atomic E-state index is -1.17. The number of hydrogen-bond acceptors (Lipinski definition) is 6. The molecule has 0 aliphatic carbocycles. The van der Waals surface area contributed by atoms with Gasteiger partial charge in [-0.05, 0) is 44.3 Å². The molecule has 1 N–H and O–H groups in total. The van der Waals surface area contributed by atoms with E-state index in [9.17, 15) is 4.79 Å². The number of ether oxygens (including phenoxy) is 4. The van der Waals surface area contributed by atoms with Gasteiger partial charge in [0.25, 0.3) is 0 Å². The highest BCUT2D eigenvalue weighted by Crippen LogP contribution is 2.53. The molecule has 1 saturated heterocycles. The number of thiocarbonyl (C=S) groups is 1. The fraction of sp³-hybridized carbons (Fsp3) is 0.364. The minimum absolute atomic E-state index is 0.266. The largest absolute Gasteiger partial charge is 0.495 e. The second-order valence-corrected chi connectivity index (χ2v) is 7.59. The number of benzene rings is 2. The van der Waals surface area contributed by atoms with Gasteiger partial charge in [0.1, 0.15) is 11.7 Å². The fourth-order valence-corrected chi connectivity index (χ4v) is 4.71. The van der Waals surface area contributed by atoms with Gasteiger partial charge in [0.2, 0.25) is 5.72 Å². The Balaban J connectivity index is 1.94. The molecule has 0 unspecified atom stereocenters. The molecule has 2 aliphatic heterocycles. The van der Waals surface area contributed by atoms with Gasteiger partial charge in [-0.2, -0.15) is 0 Å². The van der Waals surface area contributed by atoms with Gasteiger partial charge in [-0.25, -0.2) is 0 Å². The summed E-state index contributed by atoms with van der Waals surface area (Å²) in [7, 11) is 3.18. The number of esters is 1. The van der Waals surface area contributed by atoms with Crippen molar-refractivity contribution in [3.8, 4) is 17.2 Å². The molecule has 4 rings (SSSR count). The zero-order valence-electron chi connectivity index (χ0n) is 17.3. The van der Waals surface area contributed by atoms with E-state index >= 15 is 0 Å². The number of carbonyl (C=O) groups is 1. The van der Waals surface area contributed by atoms with Gasteiger partial charge in [0.05, 0.1) is 32.6 Å². The van der Waals surface area contributed by atoms with Crippen molar-refractivity contribution in [1.29, 1.82) is 0 Å². The molecule has 0 spiro atoms. The predicted octanol–water partition coefficient (Wildman–Crippen LogP) is 3.43. The number of methoxy groups -OCH3 is 2. The number of nitrogens with one attached hydrogen (secondary N) is 1. The Labute approximate surface area is 180 Å². The van der Waals surface area contributed by atoms with E-state index in [-0.39, 0.29) is 12.6 Å². The van der Waals surface area contributed by atoms with Crippen LogP contribution in [-0.4, -0.2) is 37.6 Å². The topological polar surface area (TPSA) is 69.3 Å². The second kappa shape index (κ2) is 7.68. The maximum absolute atomic E-state index is 13.1. The summed E-state index contributed by atoms with van der Waals surface area (Å²) in [6.45, 7) is 3.89. The van der Waals surface area contributed by atoms with Crippen LogP contribution in [0.1, 0.15) is 25.5 Å². The molecule has 0 radical (unpaired) electrons. The highest BCUT2D eigenvalue weighted by atomic mass is 32.1. The van der Waals surface area contributed by atoms with Crippen molar-refractivity contribution in [3.63, 3.8) is 0 Å². The molecule has 0 amide bonds. The summed E-state index contributed by atoms with van der Waals surface area (Å²) < 4.78 is 23.1. The molecular weight excluding hydrogens is 404 g/mol. The summed E-state index contributed by atoms with van der Waals surface area (Å²) in [5.74, 6) is 0.712. The van der Waals surface area contributed by atoms with Crippen LogP contribution in [0.2, 0.25) is 0 Å². The zero-order valence-corrected chi connectivity index (χ0v) is 18.1. The van der Waals surface area contributed by atoms with E-state index < -0.39 is 17.7 Å². The van der Waals surface area contributed by atoms with Crippen LogP contribution in [0.4, 0.5) is 5.69 Å². The molecule has 1 fully saturated rings. The van der Waals surface area contributed by atoms with Crippen molar-refractivity contribution < 1.29 is 23.7 Å². The van der Waals surface area contributed by atoms with E-state index in [1.807, 2.05) is 49.4 Å². The van der Waals surface area contributed by atoms with Crippen LogP contribution in [0.25, 0.3) is 0 Å². The van der Waals surface area contributed by atoms with Gasteiger partial charge in [0.15, 0.2) is 16.6 Å². The van der Waals surface area contributed by atoms with E-state index in [2.05, 4.69) is 5.32 Å². The zero-order chi connectivity index (χ0) is 21.5. The van der Waals surface area contributed by atoms with E-state index in [4.69, 9.17) is 31.2 Å². The summed E-state index contributed by atoms with van der Waals surface area (Å²) in [6, 6.07) is 12.6. The summed E-state index contributed by atoms with van der Waals surface area (Å²) in [6.07, 6.45) is 0. The molecule has 8 heteroatoms. The first kappa shape index (κ1) is 20.3. The van der Waals surface area contributed by atoms with Gasteiger partial charge < -0.3 is 24.3 Å². The monoisotopic (exact) mass is 428 g/mol. The standard InChI is InChI=1S/C22H24N2O5S/c1-5-28-20(25)17-18-13-9-8-12-16(27-4)19(13)29-22(17,2)24(21(30)23-18)14-10-6-7-11-15(14)26-3/h6-12,17-18H,5H2,1-4H3,(H,23,30)/t17-,18+,22+/m1/s1. The summed E-state index contributed by atoms with van der Waals surface area (Å²) in [5.41, 5.74) is 0.313. The quantitative estimate of drug-likeness (QED) is 0.574. The van der Waals surface area contributed by atoms with Crippen LogP contribution in [0.5, 0.6) is 17.2 Å². The maximum Gasteiger partial charge on any atom is 0.317 e. The lowest BCUT2D eigenvalue weighted by atomic mass is 9.79. The van der Waals surface area contributed by atoms with Crippen molar-refractivity contribution in [2.75, 3.05) is 25.7 Å². The normalized spacial score (nSPS) is 24.3. The first-order valence-electron chi connectivity index (χ1n) is 9.72. The molecule has 30 heavy (non-hydrogen) atoms. The third-order valence-corrected chi connectivity index (χ3v) is 5.88. The van der Waals surface area contributed by atoms with Crippen molar-refractivity contribution >= 4 is 29.0 Å². The van der Waals surface area contributed by atoms with Crippen molar-refractivity contribution in [2.45, 2.75) is 25.6 Å². The Kier molecular flexibility index (Phi) is 5.19. The number of anilines is 1. The molecule has 7 nitrogen and oxygen atoms in total. The average molecular weight is 429 g/mol. The minimum Gasteiger partial charge on any atom is -0.495 e. The Morgan fingerprint density at radius 3 is 2.57 bits per heavy atom. The molecule has 158 valence electrons. The molecule has 0 saturated carbocycles. The van der Waals surface area contributed by atoms with Crippen LogP contribution in [0.15, 0.2) is 42.5 Å². The fourth-order valence-electron chi connectivity index (χ4n) is 4.30. The number of para-hydroxylation sites is 3. The third kappa shape index (κ3) is 2.94. The highest BCUT2D eigenvalue weighted by Gasteiger charge is 2.60. The van der Waals surface area contributed by atoms with E-state index in [0.717, 1.165) is 5.56 Å². The van der Waals surface area contributed by atoms with Gasteiger partial charge in [-0.1, -0.05) is 24.3 Å². The van der Waals surface area contributed by atoms with Gasteiger partial charge >= 0.3 is 5.97 Å². The van der Waals surface area contributed by atoms with Crippen LogP contribution in [0, 0.1) is 5.92 Å². The Hall–Kier alpha value is -3.00. The maximum atomic E-state index is 13.1. The molecule has 2 bridgehead atoms. The first-order valence-corrected chi connectivity index (χ1v) is 10.1. The van der Waals surface area contributed by atoms with Crippen LogP contribution in [-0.2, 0) is 9.53 Å². The molecular formula is C22H24N2O5S. The lowest BCUT2D eigenvalue weighted by Crippen LogP contribution is -2.71. The van der Waals surface area contributed by atoms with Crippen LogP contribution >= 0.6 is 12.2 Å². The Bertz CT molecular complexity index is 997. The predicted molar refractivity (Wildman–Crippen MR) is 116 cm³/mol. The summed E-state index contributed by atoms with van der Waals surface area (Å²) >= 11 is 5.73. The number of carbonyl (C=O) groups excluding carboxylic acids is 1. The van der Waals surface area contributed by atoms with Crippen molar-refractivity contribution in [1.82, 2.24) is 5.32 Å². The number of hydrogen-bond donors (Lipinski definition) is 1. The van der Waals surface area contributed by atoms with Crippen molar-refractivity contribution in [3.05, 3.63) is 48.0 Å². The smallest absolute Gasteiger partial charge is 0.317 e. The average Bonchev–Trinajstić information content (AvgIpc) is 2.73. The van der Waals surface area contributed by atoms with E-state index in [1.54, 1.807) is 26.0 Å². The number of fused-ring (bicyclic) bond motifs is 4. The lowest BCUT2D eigenvalue weighted by Gasteiger charge is -2.55. The summed E-state index contributed by atoms with van der Waals surface area (Å²) in [4.78, 5) is 14.9. The second-order valence-electron chi connectivity index (χ2n) is 7.20. The molecule has 2 aromatic carbocycles. The molecule has 2 aromatic rings. The third-order valence-electron chi connectivity index (χ3n) is 5.58. The summed E-state index contributed by atoms with van der Waals surface area (Å²) in [5, 5.41) is 3.77. The highest BCUT2D eigenvalue weighted by molar-refractivity contribution is 7.80. The van der Waals surface area contributed by atoms with E-state index in [0.29, 0.717) is 28.0 Å². The number of nitrogens with zero attached hydrogens (tertiary/aromatic N) is 1. The molecule has 2 aliphatic rings. The SMILES string of the molecule is CCOC(=O)[C@H]1[C@H]2NC(=S)N(c3ccccc3OC)[C@@]1(C)Oc1c(OC)cccc12. The van der Waals surface area contributed by atoms with Gasteiger partial charge in [0, 0.05) is 5.56 Å². The van der Waals surface area contributed by atoms with Crippen LogP contribution < -0.4 is 24.4 Å². The van der Waals surface area contributed by atoms with Gasteiger partial charge in [-0.15, -0.1) is 0 Å².